The van der Waals surface area contributed by atoms with E-state index in [0.29, 0.717) is 0 Å². The summed E-state index contributed by atoms with van der Waals surface area (Å²) >= 11 is 0. The van der Waals surface area contributed by atoms with Gasteiger partial charge in [-0.05, 0) is 60.7 Å². The van der Waals surface area contributed by atoms with E-state index < -0.39 is 17.7 Å². The first-order chi connectivity index (χ1) is 9.60. The van der Waals surface area contributed by atoms with E-state index in [4.69, 9.17) is 4.74 Å². The van der Waals surface area contributed by atoms with Crippen LogP contribution in [0.15, 0.2) is 0 Å². The predicted molar refractivity (Wildman–Crippen MR) is 82.1 cm³/mol. The fourth-order valence-corrected chi connectivity index (χ4v) is 2.41. The maximum Gasteiger partial charge on any atom is 0.408 e. The molecule has 1 saturated heterocycles. The summed E-state index contributed by atoms with van der Waals surface area (Å²) in [6.45, 7) is 9.07. The number of carbonyl (C=O) groups is 2. The minimum Gasteiger partial charge on any atom is -0.444 e. The number of likely N-dealkylation sites (tertiary alicyclic amines) is 1. The summed E-state index contributed by atoms with van der Waals surface area (Å²) in [5.41, 5.74) is -0.563. The van der Waals surface area contributed by atoms with E-state index in [-0.39, 0.29) is 11.9 Å². The van der Waals surface area contributed by atoms with E-state index in [9.17, 15) is 9.59 Å². The lowest BCUT2D eigenvalue weighted by Crippen LogP contribution is -2.52. The van der Waals surface area contributed by atoms with Gasteiger partial charge in [0.05, 0.1) is 0 Å². The number of ether oxygens (including phenoxy) is 1. The first-order valence-electron chi connectivity index (χ1n) is 7.55. The summed E-state index contributed by atoms with van der Waals surface area (Å²) in [5.74, 6) is -0.0737. The van der Waals surface area contributed by atoms with Gasteiger partial charge in [0, 0.05) is 13.1 Å². The zero-order valence-electron chi connectivity index (χ0n) is 14.1. The van der Waals surface area contributed by atoms with Crippen molar-refractivity contribution < 1.29 is 14.3 Å². The van der Waals surface area contributed by atoms with Gasteiger partial charge in [0.1, 0.15) is 11.6 Å². The van der Waals surface area contributed by atoms with Crippen LogP contribution in [0.3, 0.4) is 0 Å². The average molecular weight is 299 g/mol. The Morgan fingerprint density at radius 1 is 1.29 bits per heavy atom. The Balaban J connectivity index is 2.48. The van der Waals surface area contributed by atoms with Crippen LogP contribution in [0, 0.1) is 0 Å². The number of nitrogens with one attached hydrogen (secondary N) is 1. The number of nitrogens with zero attached hydrogens (tertiary/aromatic N) is 2. The summed E-state index contributed by atoms with van der Waals surface area (Å²) in [7, 11) is 3.90. The largest absolute Gasteiger partial charge is 0.444 e. The molecule has 0 spiro atoms. The Morgan fingerprint density at radius 2 is 1.81 bits per heavy atom. The second-order valence-corrected chi connectivity index (χ2v) is 6.85. The van der Waals surface area contributed by atoms with Crippen molar-refractivity contribution >= 4 is 12.0 Å². The third-order valence-electron chi connectivity index (χ3n) is 3.69. The van der Waals surface area contributed by atoms with Crippen molar-refractivity contribution in [2.75, 3.05) is 27.2 Å². The molecule has 1 aliphatic rings. The summed E-state index contributed by atoms with van der Waals surface area (Å²) in [4.78, 5) is 28.1. The SMILES string of the molecule is CC(NC(=O)OC(C)(C)C)C(=O)N(C)C1CCN(C)CC1. The second-order valence-electron chi connectivity index (χ2n) is 6.85. The third-order valence-corrected chi connectivity index (χ3v) is 3.69. The minimum atomic E-state index is -0.579. The van der Waals surface area contributed by atoms with E-state index in [2.05, 4.69) is 17.3 Å². The molecule has 1 unspecified atom stereocenters. The van der Waals surface area contributed by atoms with Crippen LogP contribution in [-0.2, 0) is 9.53 Å². The number of hydrogen-bond donors (Lipinski definition) is 1. The maximum atomic E-state index is 12.4. The van der Waals surface area contributed by atoms with Crippen molar-refractivity contribution in [1.82, 2.24) is 15.1 Å². The number of rotatable bonds is 3. The smallest absolute Gasteiger partial charge is 0.408 e. The molecular formula is C15H29N3O3. The number of hydrogen-bond acceptors (Lipinski definition) is 4. The Bertz CT molecular complexity index is 371. The lowest BCUT2D eigenvalue weighted by atomic mass is 10.0. The molecule has 0 radical (unpaired) electrons. The molecule has 0 bridgehead atoms. The van der Waals surface area contributed by atoms with Gasteiger partial charge in [0.2, 0.25) is 5.91 Å². The Labute approximate surface area is 127 Å². The molecule has 6 nitrogen and oxygen atoms in total. The lowest BCUT2D eigenvalue weighted by Gasteiger charge is -2.36. The number of carbonyl (C=O) groups excluding carboxylic acids is 2. The number of likely N-dealkylation sites (N-methyl/N-ethyl adjacent to an activating group) is 1. The van der Waals surface area contributed by atoms with Crippen molar-refractivity contribution in [3.63, 3.8) is 0 Å². The van der Waals surface area contributed by atoms with Crippen molar-refractivity contribution in [1.29, 1.82) is 0 Å². The summed E-state index contributed by atoms with van der Waals surface area (Å²) < 4.78 is 5.17. The van der Waals surface area contributed by atoms with Crippen LogP contribution in [0.25, 0.3) is 0 Å². The van der Waals surface area contributed by atoms with E-state index in [0.717, 1.165) is 25.9 Å². The van der Waals surface area contributed by atoms with E-state index in [1.165, 1.54) is 0 Å². The molecule has 1 rings (SSSR count). The van der Waals surface area contributed by atoms with Gasteiger partial charge in [-0.25, -0.2) is 4.79 Å². The van der Waals surface area contributed by atoms with E-state index in [1.807, 2.05) is 7.05 Å². The van der Waals surface area contributed by atoms with Gasteiger partial charge < -0.3 is 19.9 Å². The quantitative estimate of drug-likeness (QED) is 0.857. The molecule has 1 atom stereocenters. The van der Waals surface area contributed by atoms with Crippen LogP contribution in [0.5, 0.6) is 0 Å². The first kappa shape index (κ1) is 17.8. The molecule has 122 valence electrons. The van der Waals surface area contributed by atoms with Crippen LogP contribution in [-0.4, -0.2) is 66.7 Å². The minimum absolute atomic E-state index is 0.0737. The zero-order chi connectivity index (χ0) is 16.2. The highest BCUT2D eigenvalue weighted by atomic mass is 16.6. The van der Waals surface area contributed by atoms with Gasteiger partial charge in [-0.15, -0.1) is 0 Å². The molecule has 1 N–H and O–H groups in total. The van der Waals surface area contributed by atoms with Crippen LogP contribution in [0.2, 0.25) is 0 Å². The molecule has 0 aromatic rings. The van der Waals surface area contributed by atoms with E-state index >= 15 is 0 Å². The van der Waals surface area contributed by atoms with Gasteiger partial charge >= 0.3 is 6.09 Å². The normalized spacial score (nSPS) is 19.0. The van der Waals surface area contributed by atoms with Gasteiger partial charge in [0.15, 0.2) is 0 Å². The molecule has 2 amide bonds. The van der Waals surface area contributed by atoms with Crippen molar-refractivity contribution in [2.45, 2.75) is 58.2 Å². The second kappa shape index (κ2) is 7.11. The van der Waals surface area contributed by atoms with Crippen LogP contribution in [0.4, 0.5) is 4.79 Å². The van der Waals surface area contributed by atoms with Gasteiger partial charge in [-0.2, -0.15) is 0 Å². The third kappa shape index (κ3) is 5.91. The summed E-state index contributed by atoms with van der Waals surface area (Å²) in [6, 6.07) is -0.332. The van der Waals surface area contributed by atoms with Gasteiger partial charge in [0.25, 0.3) is 0 Å². The van der Waals surface area contributed by atoms with Gasteiger partial charge in [-0.1, -0.05) is 0 Å². The monoisotopic (exact) mass is 299 g/mol. The summed E-state index contributed by atoms with van der Waals surface area (Å²) in [5, 5.41) is 2.60. The van der Waals surface area contributed by atoms with Crippen molar-refractivity contribution in [3.05, 3.63) is 0 Å². The topological polar surface area (TPSA) is 61.9 Å². The highest BCUT2D eigenvalue weighted by Gasteiger charge is 2.28. The predicted octanol–water partition coefficient (Wildman–Crippen LogP) is 1.45. The standard InChI is InChI=1S/C15H29N3O3/c1-11(16-14(20)21-15(2,3)4)13(19)18(6)12-7-9-17(5)10-8-12/h11-12H,7-10H2,1-6H3,(H,16,20). The number of piperidine rings is 1. The molecule has 0 saturated carbocycles. The van der Waals surface area contributed by atoms with Crippen molar-refractivity contribution in [2.24, 2.45) is 0 Å². The molecule has 21 heavy (non-hydrogen) atoms. The molecule has 0 aliphatic carbocycles. The first-order valence-corrected chi connectivity index (χ1v) is 7.55. The molecule has 1 heterocycles. The Kier molecular flexibility index (Phi) is 6.01. The molecule has 1 aliphatic heterocycles. The highest BCUT2D eigenvalue weighted by molar-refractivity contribution is 5.85. The zero-order valence-corrected chi connectivity index (χ0v) is 14.1. The summed E-state index contributed by atoms with van der Waals surface area (Å²) in [6.07, 6.45) is 1.38. The number of amides is 2. The maximum absolute atomic E-state index is 12.4. The van der Waals surface area contributed by atoms with Crippen LogP contribution >= 0.6 is 0 Å². The van der Waals surface area contributed by atoms with Gasteiger partial charge in [-0.3, -0.25) is 4.79 Å². The molecule has 0 aromatic carbocycles. The fourth-order valence-electron chi connectivity index (χ4n) is 2.41. The molecule has 1 fully saturated rings. The molecule has 6 heteroatoms. The Morgan fingerprint density at radius 3 is 2.29 bits per heavy atom. The van der Waals surface area contributed by atoms with Crippen LogP contribution in [0.1, 0.15) is 40.5 Å². The molecular weight excluding hydrogens is 270 g/mol. The van der Waals surface area contributed by atoms with Crippen molar-refractivity contribution in [3.8, 4) is 0 Å². The van der Waals surface area contributed by atoms with E-state index in [1.54, 1.807) is 32.6 Å². The Hall–Kier alpha value is -1.30. The average Bonchev–Trinajstić information content (AvgIpc) is 2.35. The lowest BCUT2D eigenvalue weighted by molar-refractivity contribution is -0.134. The highest BCUT2D eigenvalue weighted by Crippen LogP contribution is 2.15. The number of alkyl carbamates (subject to hydrolysis) is 1. The van der Waals surface area contributed by atoms with Crippen LogP contribution < -0.4 is 5.32 Å². The molecule has 0 aromatic heterocycles. The fraction of sp³-hybridized carbons (Fsp3) is 0.867.